The Bertz CT molecular complexity index is 649. The zero-order valence-corrected chi connectivity index (χ0v) is 10.9. The van der Waals surface area contributed by atoms with Gasteiger partial charge in [-0.05, 0) is 24.3 Å². The second-order valence-electron chi connectivity index (χ2n) is 4.80. The van der Waals surface area contributed by atoms with Gasteiger partial charge in [-0.3, -0.25) is 4.79 Å². The molecule has 3 heteroatoms. The molecule has 2 aromatic carbocycles. The molecule has 0 bridgehead atoms. The molecule has 0 saturated heterocycles. The summed E-state index contributed by atoms with van der Waals surface area (Å²) in [6.45, 7) is 0. The lowest BCUT2D eigenvalue weighted by Gasteiger charge is -2.33. The largest absolute Gasteiger partial charge is 0.508 e. The molecule has 0 aromatic heterocycles. The molecular formula is C17H15NO2. The summed E-state index contributed by atoms with van der Waals surface area (Å²) >= 11 is 0. The maximum Gasteiger partial charge on any atom is 0.159 e. The van der Waals surface area contributed by atoms with Crippen LogP contribution in [0.5, 0.6) is 5.75 Å². The van der Waals surface area contributed by atoms with Gasteiger partial charge in [-0.15, -0.1) is 0 Å². The summed E-state index contributed by atoms with van der Waals surface area (Å²) in [5.41, 5.74) is 1.78. The fourth-order valence-electron chi connectivity index (χ4n) is 2.52. The van der Waals surface area contributed by atoms with Crippen LogP contribution in [0.1, 0.15) is 18.0 Å². The summed E-state index contributed by atoms with van der Waals surface area (Å²) in [5.74, 6) is 0.298. The van der Waals surface area contributed by atoms with E-state index in [9.17, 15) is 9.90 Å². The summed E-state index contributed by atoms with van der Waals surface area (Å²) in [6, 6.07) is 16.9. The van der Waals surface area contributed by atoms with Gasteiger partial charge in [0.2, 0.25) is 0 Å². The Hall–Kier alpha value is -2.55. The number of phenolic OH excluding ortho intramolecular Hbond substituents is 1. The number of hydrogen-bond donors (Lipinski definition) is 1. The van der Waals surface area contributed by atoms with Crippen LogP contribution in [0.4, 0.5) is 5.69 Å². The van der Waals surface area contributed by atoms with Crippen LogP contribution in [-0.2, 0) is 4.79 Å². The van der Waals surface area contributed by atoms with Crippen LogP contribution in [0, 0.1) is 0 Å². The predicted molar refractivity (Wildman–Crippen MR) is 78.5 cm³/mol. The van der Waals surface area contributed by atoms with Gasteiger partial charge in [-0.1, -0.05) is 36.4 Å². The number of rotatable bonds is 2. The molecule has 20 heavy (non-hydrogen) atoms. The first-order chi connectivity index (χ1) is 9.75. The van der Waals surface area contributed by atoms with E-state index in [2.05, 4.69) is 0 Å². The molecule has 0 amide bonds. The van der Waals surface area contributed by atoms with E-state index in [-0.39, 0.29) is 17.6 Å². The second-order valence-corrected chi connectivity index (χ2v) is 4.80. The topological polar surface area (TPSA) is 40.5 Å². The molecule has 1 N–H and O–H groups in total. The van der Waals surface area contributed by atoms with Crippen LogP contribution in [0.3, 0.4) is 0 Å². The zero-order chi connectivity index (χ0) is 13.9. The van der Waals surface area contributed by atoms with Crippen LogP contribution < -0.4 is 4.90 Å². The Morgan fingerprint density at radius 3 is 2.45 bits per heavy atom. The molecule has 1 aliphatic heterocycles. The molecule has 2 aromatic rings. The first-order valence-electron chi connectivity index (χ1n) is 6.58. The lowest BCUT2D eigenvalue weighted by atomic mass is 9.96. The zero-order valence-electron chi connectivity index (χ0n) is 10.9. The highest BCUT2D eigenvalue weighted by Crippen LogP contribution is 2.36. The average molecular weight is 265 g/mol. The number of ketones is 1. The minimum absolute atomic E-state index is 0.0745. The predicted octanol–water partition coefficient (Wildman–Crippen LogP) is 3.43. The Morgan fingerprint density at radius 2 is 1.70 bits per heavy atom. The first-order valence-corrected chi connectivity index (χ1v) is 6.58. The number of nitrogens with zero attached hydrogens (tertiary/aromatic N) is 1. The summed E-state index contributed by atoms with van der Waals surface area (Å²) in [7, 11) is 0. The van der Waals surface area contributed by atoms with Crippen LogP contribution in [0.2, 0.25) is 0 Å². The Balaban J connectivity index is 2.05. The number of para-hydroxylation sites is 2. The van der Waals surface area contributed by atoms with Crippen molar-refractivity contribution < 1.29 is 9.90 Å². The van der Waals surface area contributed by atoms with Gasteiger partial charge in [0, 0.05) is 23.9 Å². The van der Waals surface area contributed by atoms with Crippen molar-refractivity contribution in [2.75, 3.05) is 4.90 Å². The molecule has 1 heterocycles. The highest BCUT2D eigenvalue weighted by Gasteiger charge is 2.26. The summed E-state index contributed by atoms with van der Waals surface area (Å²) in [4.78, 5) is 13.8. The molecule has 0 fully saturated rings. The van der Waals surface area contributed by atoms with Crippen molar-refractivity contribution in [3.8, 4) is 5.75 Å². The van der Waals surface area contributed by atoms with Gasteiger partial charge in [0.25, 0.3) is 0 Å². The Kier molecular flexibility index (Phi) is 3.25. The standard InChI is InChI=1S/C17H15NO2/c19-14-10-11-18(13-6-2-1-3-7-13)16(12-14)15-8-4-5-9-17(15)20/h1-11,16,20H,12H2. The lowest BCUT2D eigenvalue weighted by Crippen LogP contribution is -2.28. The summed E-state index contributed by atoms with van der Waals surface area (Å²) < 4.78 is 0. The van der Waals surface area contributed by atoms with E-state index in [1.807, 2.05) is 47.4 Å². The number of aromatic hydroxyl groups is 1. The molecule has 1 atom stereocenters. The van der Waals surface area contributed by atoms with Gasteiger partial charge in [-0.2, -0.15) is 0 Å². The van der Waals surface area contributed by atoms with E-state index in [0.29, 0.717) is 6.42 Å². The number of phenols is 1. The van der Waals surface area contributed by atoms with Gasteiger partial charge in [0.15, 0.2) is 5.78 Å². The fourth-order valence-corrected chi connectivity index (χ4v) is 2.52. The number of allylic oxidation sites excluding steroid dienone is 1. The van der Waals surface area contributed by atoms with Gasteiger partial charge in [-0.25, -0.2) is 0 Å². The molecular weight excluding hydrogens is 250 g/mol. The van der Waals surface area contributed by atoms with E-state index < -0.39 is 0 Å². The number of carbonyl (C=O) groups is 1. The van der Waals surface area contributed by atoms with Crippen LogP contribution in [0.25, 0.3) is 0 Å². The lowest BCUT2D eigenvalue weighted by molar-refractivity contribution is -0.115. The van der Waals surface area contributed by atoms with E-state index in [0.717, 1.165) is 11.3 Å². The quantitative estimate of drug-likeness (QED) is 0.904. The summed E-state index contributed by atoms with van der Waals surface area (Å²) in [5, 5.41) is 10.1. The molecule has 0 radical (unpaired) electrons. The SMILES string of the molecule is O=C1C=CN(c2ccccc2)C(c2ccccc2O)C1. The molecule has 100 valence electrons. The van der Waals surface area contributed by atoms with Crippen LogP contribution in [0.15, 0.2) is 66.9 Å². The third kappa shape index (κ3) is 2.30. The minimum atomic E-state index is -0.170. The van der Waals surface area contributed by atoms with Crippen molar-refractivity contribution in [1.29, 1.82) is 0 Å². The van der Waals surface area contributed by atoms with Gasteiger partial charge >= 0.3 is 0 Å². The summed E-state index contributed by atoms with van der Waals surface area (Å²) in [6.07, 6.45) is 3.74. The number of anilines is 1. The van der Waals surface area contributed by atoms with E-state index in [1.165, 1.54) is 0 Å². The van der Waals surface area contributed by atoms with Gasteiger partial charge in [0.1, 0.15) is 5.75 Å². The first kappa shape index (κ1) is 12.5. The van der Waals surface area contributed by atoms with Crippen molar-refractivity contribution in [3.63, 3.8) is 0 Å². The van der Waals surface area contributed by atoms with Crippen molar-refractivity contribution in [2.24, 2.45) is 0 Å². The minimum Gasteiger partial charge on any atom is -0.508 e. The molecule has 1 unspecified atom stereocenters. The third-order valence-corrected chi connectivity index (χ3v) is 3.50. The monoisotopic (exact) mass is 265 g/mol. The number of carbonyl (C=O) groups excluding carboxylic acids is 1. The second kappa shape index (κ2) is 5.21. The van der Waals surface area contributed by atoms with Crippen molar-refractivity contribution >= 4 is 11.5 Å². The Labute approximate surface area is 117 Å². The number of benzene rings is 2. The Morgan fingerprint density at radius 1 is 1.00 bits per heavy atom. The molecule has 1 aliphatic rings. The van der Waals surface area contributed by atoms with E-state index in [1.54, 1.807) is 24.4 Å². The molecule has 0 spiro atoms. The maximum atomic E-state index is 11.7. The highest BCUT2D eigenvalue weighted by molar-refractivity contribution is 5.92. The van der Waals surface area contributed by atoms with Crippen LogP contribution in [-0.4, -0.2) is 10.9 Å². The molecule has 3 rings (SSSR count). The van der Waals surface area contributed by atoms with Gasteiger partial charge < -0.3 is 10.0 Å². The molecule has 0 aliphatic carbocycles. The van der Waals surface area contributed by atoms with Gasteiger partial charge in [0.05, 0.1) is 6.04 Å². The van der Waals surface area contributed by atoms with E-state index in [4.69, 9.17) is 0 Å². The smallest absolute Gasteiger partial charge is 0.159 e. The third-order valence-electron chi connectivity index (χ3n) is 3.50. The molecule has 3 nitrogen and oxygen atoms in total. The fraction of sp³-hybridized carbons (Fsp3) is 0.118. The maximum absolute atomic E-state index is 11.7. The highest BCUT2D eigenvalue weighted by atomic mass is 16.3. The van der Waals surface area contributed by atoms with Crippen molar-refractivity contribution in [2.45, 2.75) is 12.5 Å². The van der Waals surface area contributed by atoms with Crippen molar-refractivity contribution in [3.05, 3.63) is 72.4 Å². The van der Waals surface area contributed by atoms with Crippen molar-refractivity contribution in [1.82, 2.24) is 0 Å². The number of hydrogen-bond acceptors (Lipinski definition) is 3. The van der Waals surface area contributed by atoms with Crippen LogP contribution >= 0.6 is 0 Å². The van der Waals surface area contributed by atoms with E-state index >= 15 is 0 Å². The average Bonchev–Trinajstić information content (AvgIpc) is 2.48. The molecule has 0 saturated carbocycles. The normalized spacial score (nSPS) is 18.3.